The fraction of sp³-hybridized carbons (Fsp3) is 0.286. The maximum Gasteiger partial charge on any atom is 0.573 e. The number of ether oxygens (including phenoxy) is 1. The van der Waals surface area contributed by atoms with Crippen LogP contribution in [0.1, 0.15) is 5.69 Å². The SMILES string of the molecule is Cc1cc(OC(F)(F)F)c(O)c(I)n1. The lowest BCUT2D eigenvalue weighted by Crippen LogP contribution is -2.17. The van der Waals surface area contributed by atoms with E-state index in [-0.39, 0.29) is 3.70 Å². The first-order chi connectivity index (χ1) is 6.29. The Bertz CT molecular complexity index is 354. The number of pyridine rings is 1. The van der Waals surface area contributed by atoms with Gasteiger partial charge in [-0.1, -0.05) is 0 Å². The van der Waals surface area contributed by atoms with Gasteiger partial charge >= 0.3 is 6.36 Å². The number of halogens is 4. The number of aromatic nitrogens is 1. The van der Waals surface area contributed by atoms with Crippen LogP contribution in [-0.4, -0.2) is 16.5 Å². The molecule has 0 amide bonds. The van der Waals surface area contributed by atoms with Crippen molar-refractivity contribution in [3.8, 4) is 11.5 Å². The fourth-order valence-electron chi connectivity index (χ4n) is 0.802. The average molecular weight is 319 g/mol. The molecular weight excluding hydrogens is 314 g/mol. The van der Waals surface area contributed by atoms with Crippen molar-refractivity contribution in [1.29, 1.82) is 0 Å². The number of aromatic hydroxyl groups is 1. The van der Waals surface area contributed by atoms with Gasteiger partial charge in [-0.05, 0) is 29.5 Å². The third-order valence-corrected chi connectivity index (χ3v) is 2.02. The van der Waals surface area contributed by atoms with E-state index in [0.29, 0.717) is 5.69 Å². The molecule has 0 atom stereocenters. The molecule has 7 heteroatoms. The van der Waals surface area contributed by atoms with Crippen LogP contribution in [0.2, 0.25) is 0 Å². The number of aryl methyl sites for hydroxylation is 1. The van der Waals surface area contributed by atoms with Gasteiger partial charge in [0.15, 0.2) is 11.5 Å². The average Bonchev–Trinajstić information content (AvgIpc) is 1.96. The first-order valence-corrected chi connectivity index (χ1v) is 4.49. The van der Waals surface area contributed by atoms with Crippen molar-refractivity contribution in [3.05, 3.63) is 15.5 Å². The monoisotopic (exact) mass is 319 g/mol. The van der Waals surface area contributed by atoms with Crippen molar-refractivity contribution in [2.75, 3.05) is 0 Å². The third kappa shape index (κ3) is 2.89. The van der Waals surface area contributed by atoms with Gasteiger partial charge in [-0.25, -0.2) is 4.98 Å². The van der Waals surface area contributed by atoms with Crippen LogP contribution in [0.5, 0.6) is 11.5 Å². The summed E-state index contributed by atoms with van der Waals surface area (Å²) in [7, 11) is 0. The van der Waals surface area contributed by atoms with Gasteiger partial charge in [-0.15, -0.1) is 13.2 Å². The molecule has 0 saturated carbocycles. The van der Waals surface area contributed by atoms with E-state index in [1.807, 2.05) is 0 Å². The Hall–Kier alpha value is -0.730. The van der Waals surface area contributed by atoms with E-state index >= 15 is 0 Å². The van der Waals surface area contributed by atoms with Gasteiger partial charge in [0.25, 0.3) is 0 Å². The summed E-state index contributed by atoms with van der Waals surface area (Å²) in [6.45, 7) is 1.50. The Morgan fingerprint density at radius 2 is 2.07 bits per heavy atom. The fourth-order valence-corrected chi connectivity index (χ4v) is 1.45. The second kappa shape index (κ2) is 3.79. The molecule has 0 aliphatic rings. The van der Waals surface area contributed by atoms with E-state index < -0.39 is 17.9 Å². The zero-order chi connectivity index (χ0) is 10.9. The molecule has 0 spiro atoms. The second-order valence-corrected chi connectivity index (χ2v) is 3.47. The van der Waals surface area contributed by atoms with Gasteiger partial charge in [0.2, 0.25) is 0 Å². The van der Waals surface area contributed by atoms with E-state index in [1.54, 1.807) is 22.6 Å². The highest BCUT2D eigenvalue weighted by molar-refractivity contribution is 14.1. The molecule has 1 heterocycles. The number of hydrogen-bond donors (Lipinski definition) is 1. The molecule has 0 saturated heterocycles. The van der Waals surface area contributed by atoms with Crippen LogP contribution in [0.15, 0.2) is 6.07 Å². The highest BCUT2D eigenvalue weighted by atomic mass is 127. The standard InChI is InChI=1S/C7H5F3INO2/c1-3-2-4(14-7(8,9)10)5(13)6(11)12-3/h2,13H,1H3. The quantitative estimate of drug-likeness (QED) is 0.639. The first-order valence-electron chi connectivity index (χ1n) is 3.41. The molecule has 0 fully saturated rings. The van der Waals surface area contributed by atoms with E-state index in [0.717, 1.165) is 6.07 Å². The second-order valence-electron chi connectivity index (χ2n) is 2.45. The highest BCUT2D eigenvalue weighted by Crippen LogP contribution is 2.34. The Labute approximate surface area is 91.0 Å². The first kappa shape index (κ1) is 11.3. The molecular formula is C7H5F3INO2. The summed E-state index contributed by atoms with van der Waals surface area (Å²) >= 11 is 1.62. The van der Waals surface area contributed by atoms with Crippen LogP contribution < -0.4 is 4.74 Å². The Kier molecular flexibility index (Phi) is 3.07. The predicted molar refractivity (Wildman–Crippen MR) is 50.0 cm³/mol. The summed E-state index contributed by atoms with van der Waals surface area (Å²) in [4.78, 5) is 3.75. The van der Waals surface area contributed by atoms with Crippen molar-refractivity contribution >= 4 is 22.6 Å². The van der Waals surface area contributed by atoms with E-state index in [2.05, 4.69) is 9.72 Å². The molecule has 0 aromatic carbocycles. The summed E-state index contributed by atoms with van der Waals surface area (Å²) in [6.07, 6.45) is -4.81. The van der Waals surface area contributed by atoms with Crippen molar-refractivity contribution < 1.29 is 23.0 Å². The Morgan fingerprint density at radius 3 is 2.57 bits per heavy atom. The largest absolute Gasteiger partial charge is 0.573 e. The molecule has 0 aliphatic carbocycles. The van der Waals surface area contributed by atoms with Gasteiger partial charge in [-0.2, -0.15) is 0 Å². The van der Waals surface area contributed by atoms with Crippen LogP contribution in [-0.2, 0) is 0 Å². The number of nitrogens with zero attached hydrogens (tertiary/aromatic N) is 1. The number of rotatable bonds is 1. The van der Waals surface area contributed by atoms with Gasteiger partial charge in [0.1, 0.15) is 3.70 Å². The summed E-state index contributed by atoms with van der Waals surface area (Å²) in [5.74, 6) is -1.23. The van der Waals surface area contributed by atoms with Crippen molar-refractivity contribution in [2.24, 2.45) is 0 Å². The van der Waals surface area contributed by atoms with Crippen LogP contribution >= 0.6 is 22.6 Å². The van der Waals surface area contributed by atoms with E-state index in [9.17, 15) is 18.3 Å². The van der Waals surface area contributed by atoms with Gasteiger partial charge < -0.3 is 9.84 Å². The zero-order valence-corrected chi connectivity index (χ0v) is 9.05. The van der Waals surface area contributed by atoms with Crippen LogP contribution in [0.4, 0.5) is 13.2 Å². The highest BCUT2D eigenvalue weighted by Gasteiger charge is 2.32. The lowest BCUT2D eigenvalue weighted by atomic mass is 10.3. The molecule has 78 valence electrons. The summed E-state index contributed by atoms with van der Waals surface area (Å²) in [6, 6.07) is 1.02. The topological polar surface area (TPSA) is 42.4 Å². The minimum absolute atomic E-state index is 0.0712. The van der Waals surface area contributed by atoms with Gasteiger partial charge in [0.05, 0.1) is 0 Å². The Balaban J connectivity index is 3.09. The van der Waals surface area contributed by atoms with Crippen LogP contribution in [0, 0.1) is 10.6 Å². The molecule has 1 aromatic rings. The molecule has 1 aromatic heterocycles. The minimum atomic E-state index is -4.81. The van der Waals surface area contributed by atoms with Crippen LogP contribution in [0.3, 0.4) is 0 Å². The lowest BCUT2D eigenvalue weighted by molar-refractivity contribution is -0.275. The smallest absolute Gasteiger partial charge is 0.502 e. The Morgan fingerprint density at radius 1 is 1.50 bits per heavy atom. The maximum atomic E-state index is 11.8. The van der Waals surface area contributed by atoms with Crippen molar-refractivity contribution in [2.45, 2.75) is 13.3 Å². The predicted octanol–water partition coefficient (Wildman–Crippen LogP) is 2.60. The van der Waals surface area contributed by atoms with Crippen molar-refractivity contribution in [1.82, 2.24) is 4.98 Å². The molecule has 1 N–H and O–H groups in total. The van der Waals surface area contributed by atoms with Gasteiger partial charge in [0, 0.05) is 11.8 Å². The number of hydrogen-bond acceptors (Lipinski definition) is 3. The lowest BCUT2D eigenvalue weighted by Gasteiger charge is -2.11. The molecule has 3 nitrogen and oxygen atoms in total. The molecule has 0 unspecified atom stereocenters. The summed E-state index contributed by atoms with van der Waals surface area (Å²) in [5.41, 5.74) is 0.339. The van der Waals surface area contributed by atoms with E-state index in [1.165, 1.54) is 6.92 Å². The maximum absolute atomic E-state index is 11.8. The zero-order valence-electron chi connectivity index (χ0n) is 6.89. The summed E-state index contributed by atoms with van der Waals surface area (Å²) < 4.78 is 39.2. The minimum Gasteiger partial charge on any atom is -0.502 e. The molecule has 0 aliphatic heterocycles. The summed E-state index contributed by atoms with van der Waals surface area (Å²) in [5, 5.41) is 9.19. The number of alkyl halides is 3. The third-order valence-electron chi connectivity index (χ3n) is 1.27. The van der Waals surface area contributed by atoms with E-state index in [4.69, 9.17) is 0 Å². The van der Waals surface area contributed by atoms with Gasteiger partial charge in [-0.3, -0.25) is 0 Å². The molecule has 14 heavy (non-hydrogen) atoms. The molecule has 0 bridgehead atoms. The molecule has 1 rings (SSSR count). The van der Waals surface area contributed by atoms with Crippen LogP contribution in [0.25, 0.3) is 0 Å². The molecule has 0 radical (unpaired) electrons. The normalized spacial score (nSPS) is 11.5. The van der Waals surface area contributed by atoms with Crippen molar-refractivity contribution in [3.63, 3.8) is 0 Å².